The number of nitrogens with zero attached hydrogens (tertiary/aromatic N) is 2. The van der Waals surface area contributed by atoms with Gasteiger partial charge < -0.3 is 5.11 Å². The zero-order valence-electron chi connectivity index (χ0n) is 15.6. The van der Waals surface area contributed by atoms with Crippen molar-refractivity contribution in [1.82, 2.24) is 9.55 Å². The van der Waals surface area contributed by atoms with Crippen molar-refractivity contribution < 1.29 is 9.90 Å². The molecule has 3 aromatic rings. The minimum Gasteiger partial charge on any atom is -0.480 e. The van der Waals surface area contributed by atoms with E-state index in [1.54, 1.807) is 0 Å². The molecule has 26 heavy (non-hydrogen) atoms. The summed E-state index contributed by atoms with van der Waals surface area (Å²) >= 11 is 1.42. The number of hydrogen-bond donors (Lipinski definition) is 1. The van der Waals surface area contributed by atoms with Crippen LogP contribution in [0.3, 0.4) is 0 Å². The summed E-state index contributed by atoms with van der Waals surface area (Å²) in [5.74, 6) is -0.567. The summed E-state index contributed by atoms with van der Waals surface area (Å²) in [6.07, 6.45) is 0.485. The molecule has 0 bridgehead atoms. The molecular formula is C20H22N2O3S. The van der Waals surface area contributed by atoms with Gasteiger partial charge in [0.15, 0.2) is 0 Å². The Labute approximate surface area is 155 Å². The van der Waals surface area contributed by atoms with Crippen LogP contribution in [0, 0.1) is 13.8 Å². The van der Waals surface area contributed by atoms with Crippen molar-refractivity contribution >= 4 is 27.5 Å². The van der Waals surface area contributed by atoms with E-state index in [4.69, 9.17) is 0 Å². The van der Waals surface area contributed by atoms with Gasteiger partial charge in [-0.1, -0.05) is 30.7 Å². The molecule has 0 aliphatic carbocycles. The van der Waals surface area contributed by atoms with Crippen LogP contribution in [-0.4, -0.2) is 20.6 Å². The fourth-order valence-corrected chi connectivity index (χ4v) is 4.20. The van der Waals surface area contributed by atoms with E-state index in [0.29, 0.717) is 22.5 Å². The van der Waals surface area contributed by atoms with E-state index in [-0.39, 0.29) is 5.56 Å². The van der Waals surface area contributed by atoms with Gasteiger partial charge in [0, 0.05) is 17.4 Å². The Kier molecular flexibility index (Phi) is 4.48. The molecular weight excluding hydrogens is 348 g/mol. The third-order valence-corrected chi connectivity index (χ3v) is 5.62. The number of fused-ring (bicyclic) bond motifs is 1. The lowest BCUT2D eigenvalue weighted by Gasteiger charge is -2.25. The van der Waals surface area contributed by atoms with Gasteiger partial charge in [0.1, 0.15) is 16.2 Å². The molecule has 0 aliphatic heterocycles. The van der Waals surface area contributed by atoms with Crippen molar-refractivity contribution in [2.45, 2.75) is 46.6 Å². The van der Waals surface area contributed by atoms with Gasteiger partial charge in [0.05, 0.1) is 5.39 Å². The summed E-state index contributed by atoms with van der Waals surface area (Å²) in [7, 11) is 0. The summed E-state index contributed by atoms with van der Waals surface area (Å²) < 4.78 is 1.33. The van der Waals surface area contributed by atoms with Crippen molar-refractivity contribution in [2.24, 2.45) is 0 Å². The van der Waals surface area contributed by atoms with Crippen LogP contribution >= 0.6 is 11.3 Å². The zero-order chi connectivity index (χ0) is 19.2. The molecule has 2 heterocycles. The van der Waals surface area contributed by atoms with Crippen LogP contribution in [-0.2, 0) is 16.8 Å². The Morgan fingerprint density at radius 3 is 2.54 bits per heavy atom. The van der Waals surface area contributed by atoms with Crippen LogP contribution in [0.4, 0.5) is 0 Å². The van der Waals surface area contributed by atoms with Gasteiger partial charge in [0.2, 0.25) is 0 Å². The highest BCUT2D eigenvalue weighted by molar-refractivity contribution is 7.17. The number of hydrogen-bond acceptors (Lipinski definition) is 4. The van der Waals surface area contributed by atoms with E-state index in [9.17, 15) is 14.7 Å². The average molecular weight is 370 g/mol. The molecule has 5 nitrogen and oxygen atoms in total. The molecule has 0 unspecified atom stereocenters. The van der Waals surface area contributed by atoms with E-state index >= 15 is 0 Å². The minimum atomic E-state index is -1.37. The average Bonchev–Trinajstić information content (AvgIpc) is 2.98. The standard InChI is InChI=1S/C20H22N2O3S/c1-6-15-21-17-16(18(23)22(15)20(4,5)19(24)25)14(10-26-17)13-8-7-11(2)9-12(13)3/h7-10H,6H2,1-5H3,(H,24,25). The highest BCUT2D eigenvalue weighted by atomic mass is 32.1. The Morgan fingerprint density at radius 1 is 1.27 bits per heavy atom. The van der Waals surface area contributed by atoms with Crippen LogP contribution in [0.2, 0.25) is 0 Å². The Hall–Kier alpha value is -2.47. The normalized spacial score (nSPS) is 11.9. The second-order valence-corrected chi connectivity index (χ2v) is 7.89. The van der Waals surface area contributed by atoms with Gasteiger partial charge >= 0.3 is 5.97 Å². The van der Waals surface area contributed by atoms with E-state index in [1.165, 1.54) is 29.8 Å². The fraction of sp³-hybridized carbons (Fsp3) is 0.350. The maximum absolute atomic E-state index is 13.4. The SMILES string of the molecule is CCc1nc2scc(-c3ccc(C)cc3C)c2c(=O)n1C(C)(C)C(=O)O. The first-order chi connectivity index (χ1) is 12.2. The van der Waals surface area contributed by atoms with Gasteiger partial charge in [-0.3, -0.25) is 9.36 Å². The maximum Gasteiger partial charge on any atom is 0.329 e. The Bertz CT molecular complexity index is 1080. The van der Waals surface area contributed by atoms with Crippen molar-refractivity contribution in [3.63, 3.8) is 0 Å². The summed E-state index contributed by atoms with van der Waals surface area (Å²) in [5, 5.41) is 12.1. The van der Waals surface area contributed by atoms with E-state index in [1.807, 2.05) is 38.3 Å². The molecule has 0 fully saturated rings. The number of aryl methyl sites for hydroxylation is 3. The molecule has 136 valence electrons. The zero-order valence-corrected chi connectivity index (χ0v) is 16.4. The lowest BCUT2D eigenvalue weighted by molar-refractivity contribution is -0.146. The number of carboxylic acid groups (broad SMARTS) is 1. The minimum absolute atomic E-state index is 0.296. The Balaban J connectivity index is 2.40. The van der Waals surface area contributed by atoms with Crippen molar-refractivity contribution in [3.8, 4) is 11.1 Å². The van der Waals surface area contributed by atoms with Gasteiger partial charge in [-0.05, 0) is 38.8 Å². The monoisotopic (exact) mass is 370 g/mol. The number of aliphatic carboxylic acids is 1. The molecule has 0 saturated carbocycles. The molecule has 0 saturated heterocycles. The maximum atomic E-state index is 13.4. The Morgan fingerprint density at radius 2 is 1.96 bits per heavy atom. The number of carbonyl (C=O) groups is 1. The second kappa shape index (κ2) is 6.36. The second-order valence-electron chi connectivity index (χ2n) is 7.03. The highest BCUT2D eigenvalue weighted by Gasteiger charge is 2.34. The summed E-state index contributed by atoms with van der Waals surface area (Å²) in [4.78, 5) is 30.4. The molecule has 0 aliphatic rings. The summed E-state index contributed by atoms with van der Waals surface area (Å²) in [5.41, 5.74) is 2.36. The van der Waals surface area contributed by atoms with Gasteiger partial charge in [0.25, 0.3) is 5.56 Å². The molecule has 0 radical (unpaired) electrons. The van der Waals surface area contributed by atoms with Gasteiger partial charge in [-0.25, -0.2) is 9.78 Å². The summed E-state index contributed by atoms with van der Waals surface area (Å²) in [6, 6.07) is 6.10. The van der Waals surface area contributed by atoms with E-state index in [0.717, 1.165) is 22.3 Å². The molecule has 0 amide bonds. The van der Waals surface area contributed by atoms with Gasteiger partial charge in [-0.2, -0.15) is 0 Å². The van der Waals surface area contributed by atoms with Crippen LogP contribution in [0.25, 0.3) is 21.3 Å². The lowest BCUT2D eigenvalue weighted by atomic mass is 9.98. The number of thiophene rings is 1. The van der Waals surface area contributed by atoms with Crippen LogP contribution in [0.1, 0.15) is 37.7 Å². The fourth-order valence-electron chi connectivity index (χ4n) is 3.26. The van der Waals surface area contributed by atoms with E-state index < -0.39 is 11.5 Å². The third kappa shape index (κ3) is 2.74. The third-order valence-electron chi connectivity index (χ3n) is 4.75. The number of carboxylic acids is 1. The van der Waals surface area contributed by atoms with Crippen molar-refractivity contribution in [3.05, 3.63) is 50.9 Å². The first-order valence-corrected chi connectivity index (χ1v) is 9.41. The first-order valence-electron chi connectivity index (χ1n) is 8.53. The number of rotatable bonds is 4. The highest BCUT2D eigenvalue weighted by Crippen LogP contribution is 2.34. The van der Waals surface area contributed by atoms with Gasteiger partial charge in [-0.15, -0.1) is 11.3 Å². The van der Waals surface area contributed by atoms with Crippen LogP contribution in [0.15, 0.2) is 28.4 Å². The molecule has 6 heteroatoms. The lowest BCUT2D eigenvalue weighted by Crippen LogP contribution is -2.44. The van der Waals surface area contributed by atoms with E-state index in [2.05, 4.69) is 11.1 Å². The predicted molar refractivity (Wildman–Crippen MR) is 105 cm³/mol. The topological polar surface area (TPSA) is 72.2 Å². The summed E-state index contributed by atoms with van der Waals surface area (Å²) in [6.45, 7) is 8.99. The number of benzene rings is 1. The van der Waals surface area contributed by atoms with Crippen molar-refractivity contribution in [2.75, 3.05) is 0 Å². The smallest absolute Gasteiger partial charge is 0.329 e. The molecule has 0 spiro atoms. The molecule has 1 N–H and O–H groups in total. The first kappa shape index (κ1) is 18.3. The largest absolute Gasteiger partial charge is 0.480 e. The van der Waals surface area contributed by atoms with Crippen molar-refractivity contribution in [1.29, 1.82) is 0 Å². The molecule has 3 rings (SSSR count). The molecule has 2 aromatic heterocycles. The van der Waals surface area contributed by atoms with Crippen LogP contribution in [0.5, 0.6) is 0 Å². The number of aromatic nitrogens is 2. The van der Waals surface area contributed by atoms with Crippen LogP contribution < -0.4 is 5.56 Å². The quantitative estimate of drug-likeness (QED) is 0.750. The molecule has 1 aromatic carbocycles. The predicted octanol–water partition coefficient (Wildman–Crippen LogP) is 4.12. The molecule has 0 atom stereocenters.